The van der Waals surface area contributed by atoms with Crippen LogP contribution in [0.3, 0.4) is 0 Å². The molecule has 3 nitrogen and oxygen atoms in total. The number of rotatable bonds is 6. The smallest absolute Gasteiger partial charge is 0.0791 e. The molecule has 1 heterocycles. The maximum Gasteiger partial charge on any atom is 0.0791 e. The van der Waals surface area contributed by atoms with E-state index in [0.29, 0.717) is 29.7 Å². The van der Waals surface area contributed by atoms with Crippen LogP contribution in [0.2, 0.25) is 10.0 Å². The number of hydrogen-bond donors (Lipinski definition) is 2. The zero-order valence-corrected chi connectivity index (χ0v) is 16.2. The van der Waals surface area contributed by atoms with Crippen LogP contribution in [0, 0.1) is 0 Å². The number of nitrogens with one attached hydrogen (secondary N) is 1. The van der Waals surface area contributed by atoms with Gasteiger partial charge in [0, 0.05) is 32.7 Å². The third-order valence-electron chi connectivity index (χ3n) is 4.41. The van der Waals surface area contributed by atoms with Crippen molar-refractivity contribution in [1.82, 2.24) is 10.2 Å². The second-order valence-electron chi connectivity index (χ2n) is 6.25. The highest BCUT2D eigenvalue weighted by Gasteiger charge is 2.18. The Morgan fingerprint density at radius 2 is 1.84 bits per heavy atom. The second-order valence-corrected chi connectivity index (χ2v) is 7.04. The van der Waals surface area contributed by atoms with Gasteiger partial charge in [-0.05, 0) is 29.2 Å². The van der Waals surface area contributed by atoms with E-state index in [0.717, 1.165) is 25.1 Å². The van der Waals surface area contributed by atoms with Crippen LogP contribution in [0.15, 0.2) is 42.5 Å². The third-order valence-corrected chi connectivity index (χ3v) is 5.26. The number of β-amino-alcohol motifs (C(OH)–C–C–N with tert-alkyl or cyclic N) is 1. The van der Waals surface area contributed by atoms with Gasteiger partial charge in [0.2, 0.25) is 0 Å². The van der Waals surface area contributed by atoms with Crippen molar-refractivity contribution >= 4 is 35.6 Å². The number of aliphatic hydroxyl groups excluding tert-OH is 1. The lowest BCUT2D eigenvalue weighted by Gasteiger charge is -2.30. The van der Waals surface area contributed by atoms with Crippen molar-refractivity contribution in [3.05, 3.63) is 69.2 Å². The molecule has 3 rings (SSSR count). The fourth-order valence-corrected chi connectivity index (χ4v) is 3.52. The summed E-state index contributed by atoms with van der Waals surface area (Å²) < 4.78 is 0. The molecule has 1 aliphatic heterocycles. The van der Waals surface area contributed by atoms with Gasteiger partial charge in [-0.25, -0.2) is 0 Å². The molecule has 0 aromatic heterocycles. The molecule has 0 fully saturated rings. The quantitative estimate of drug-likeness (QED) is 0.770. The Kier molecular flexibility index (Phi) is 8.01. The van der Waals surface area contributed by atoms with Crippen LogP contribution in [-0.2, 0) is 19.5 Å². The Bertz CT molecular complexity index is 696. The van der Waals surface area contributed by atoms with E-state index in [1.165, 1.54) is 11.1 Å². The monoisotopic (exact) mass is 400 g/mol. The predicted molar refractivity (Wildman–Crippen MR) is 107 cm³/mol. The molecule has 2 aromatic carbocycles. The summed E-state index contributed by atoms with van der Waals surface area (Å²) >= 11 is 12.2. The number of fused-ring (bicyclic) bond motifs is 1. The lowest BCUT2D eigenvalue weighted by molar-refractivity contribution is 0.104. The lowest BCUT2D eigenvalue weighted by Crippen LogP contribution is -2.40. The molecule has 0 bridgehead atoms. The molecular weight excluding hydrogens is 379 g/mol. The highest BCUT2D eigenvalue weighted by molar-refractivity contribution is 6.42. The number of aliphatic hydroxyl groups is 1. The van der Waals surface area contributed by atoms with E-state index in [4.69, 9.17) is 23.2 Å². The van der Waals surface area contributed by atoms with E-state index < -0.39 is 6.10 Å². The lowest BCUT2D eigenvalue weighted by atomic mass is 10.00. The van der Waals surface area contributed by atoms with Gasteiger partial charge in [-0.15, -0.1) is 12.4 Å². The molecule has 2 aromatic rings. The number of nitrogens with zero attached hydrogens (tertiary/aromatic N) is 1. The second kappa shape index (κ2) is 9.77. The van der Waals surface area contributed by atoms with E-state index in [1.54, 1.807) is 6.07 Å². The van der Waals surface area contributed by atoms with E-state index in [9.17, 15) is 5.11 Å². The van der Waals surface area contributed by atoms with Gasteiger partial charge in [0.25, 0.3) is 0 Å². The van der Waals surface area contributed by atoms with Crippen LogP contribution in [0.25, 0.3) is 0 Å². The first-order valence-electron chi connectivity index (χ1n) is 8.24. The molecule has 6 heteroatoms. The van der Waals surface area contributed by atoms with E-state index in [2.05, 4.69) is 34.5 Å². The van der Waals surface area contributed by atoms with Crippen molar-refractivity contribution in [2.75, 3.05) is 19.6 Å². The maximum absolute atomic E-state index is 10.3. The molecular formula is C19H23Cl3N2O. The van der Waals surface area contributed by atoms with Gasteiger partial charge >= 0.3 is 0 Å². The Labute approximate surface area is 165 Å². The van der Waals surface area contributed by atoms with E-state index in [-0.39, 0.29) is 12.4 Å². The van der Waals surface area contributed by atoms with Gasteiger partial charge < -0.3 is 10.4 Å². The van der Waals surface area contributed by atoms with Crippen molar-refractivity contribution in [3.8, 4) is 0 Å². The summed E-state index contributed by atoms with van der Waals surface area (Å²) in [7, 11) is 0. The van der Waals surface area contributed by atoms with Gasteiger partial charge in [0.1, 0.15) is 0 Å². The summed E-state index contributed by atoms with van der Waals surface area (Å²) in [5.41, 5.74) is 3.75. The minimum absolute atomic E-state index is 0. The molecule has 136 valence electrons. The third kappa shape index (κ3) is 5.58. The number of hydrogen-bond acceptors (Lipinski definition) is 3. The molecule has 2 N–H and O–H groups in total. The normalized spacial score (nSPS) is 15.3. The average molecular weight is 402 g/mol. The molecule has 1 unspecified atom stereocenters. The Balaban J connectivity index is 0.00000225. The Hall–Kier alpha value is -0.810. The molecule has 0 radical (unpaired) electrons. The van der Waals surface area contributed by atoms with Crippen molar-refractivity contribution in [2.24, 2.45) is 0 Å². The average Bonchev–Trinajstić information content (AvgIpc) is 2.58. The molecule has 1 aliphatic rings. The molecule has 1 atom stereocenters. The minimum Gasteiger partial charge on any atom is -0.390 e. The largest absolute Gasteiger partial charge is 0.390 e. The van der Waals surface area contributed by atoms with Crippen molar-refractivity contribution < 1.29 is 5.11 Å². The first-order valence-corrected chi connectivity index (χ1v) is 9.00. The summed E-state index contributed by atoms with van der Waals surface area (Å²) in [6, 6.07) is 14.1. The number of benzene rings is 2. The van der Waals surface area contributed by atoms with Gasteiger partial charge in [0.15, 0.2) is 0 Å². The highest BCUT2D eigenvalue weighted by Crippen LogP contribution is 2.25. The predicted octanol–water partition coefficient (Wildman–Crippen LogP) is 3.92. The van der Waals surface area contributed by atoms with Crippen LogP contribution in [0.5, 0.6) is 0 Å². The summed E-state index contributed by atoms with van der Waals surface area (Å²) in [6.45, 7) is 3.70. The van der Waals surface area contributed by atoms with Gasteiger partial charge in [0.05, 0.1) is 16.1 Å². The summed E-state index contributed by atoms with van der Waals surface area (Å²) in [5, 5.41) is 14.7. The van der Waals surface area contributed by atoms with Crippen LogP contribution >= 0.6 is 35.6 Å². The molecule has 0 saturated heterocycles. The fourth-order valence-electron chi connectivity index (χ4n) is 3.13. The molecule has 25 heavy (non-hydrogen) atoms. The van der Waals surface area contributed by atoms with Gasteiger partial charge in [-0.3, -0.25) is 4.90 Å². The molecule has 0 amide bonds. The minimum atomic E-state index is -0.409. The Morgan fingerprint density at radius 1 is 1.08 bits per heavy atom. The van der Waals surface area contributed by atoms with Gasteiger partial charge in [-0.1, -0.05) is 59.6 Å². The number of halogens is 3. The fraction of sp³-hybridized carbons (Fsp3) is 0.368. The molecule has 0 aliphatic carbocycles. The van der Waals surface area contributed by atoms with Gasteiger partial charge in [-0.2, -0.15) is 0 Å². The maximum atomic E-state index is 10.3. The summed E-state index contributed by atoms with van der Waals surface area (Å²) in [6.07, 6.45) is 0.641. The molecule has 0 spiro atoms. The summed E-state index contributed by atoms with van der Waals surface area (Å²) in [5.74, 6) is 0. The van der Waals surface area contributed by atoms with E-state index >= 15 is 0 Å². The summed E-state index contributed by atoms with van der Waals surface area (Å²) in [4.78, 5) is 2.31. The first-order chi connectivity index (χ1) is 11.6. The van der Waals surface area contributed by atoms with Crippen LogP contribution in [0.1, 0.15) is 16.7 Å². The van der Waals surface area contributed by atoms with Crippen molar-refractivity contribution in [3.63, 3.8) is 0 Å². The Morgan fingerprint density at radius 3 is 2.64 bits per heavy atom. The first kappa shape index (κ1) is 20.5. The topological polar surface area (TPSA) is 35.5 Å². The molecule has 0 saturated carbocycles. The standard InChI is InChI=1S/C19H22Cl2N2O.ClH/c20-18-7-3-6-15(19(18)21)10-22-11-17(24)13-23-9-8-14-4-1-2-5-16(14)12-23;/h1-7,17,22,24H,8-13H2;1H. The highest BCUT2D eigenvalue weighted by atomic mass is 35.5. The van der Waals surface area contributed by atoms with Crippen LogP contribution in [-0.4, -0.2) is 35.7 Å². The zero-order chi connectivity index (χ0) is 16.9. The van der Waals surface area contributed by atoms with Crippen molar-refractivity contribution in [2.45, 2.75) is 25.6 Å². The van der Waals surface area contributed by atoms with Crippen molar-refractivity contribution in [1.29, 1.82) is 0 Å². The SMILES string of the molecule is Cl.OC(CNCc1cccc(Cl)c1Cl)CN1CCc2ccccc2C1. The zero-order valence-electron chi connectivity index (χ0n) is 13.9. The van der Waals surface area contributed by atoms with Crippen LogP contribution in [0.4, 0.5) is 0 Å². The van der Waals surface area contributed by atoms with E-state index in [1.807, 2.05) is 12.1 Å². The van der Waals surface area contributed by atoms with Crippen LogP contribution < -0.4 is 5.32 Å².